The average Bonchev–Trinajstić information content (AvgIpc) is 3.25. The number of aromatic nitrogens is 2. The second-order valence-corrected chi connectivity index (χ2v) is 8.84. The lowest BCUT2D eigenvalue weighted by Gasteiger charge is -2.19. The fourth-order valence-electron chi connectivity index (χ4n) is 3.03. The molecule has 1 aromatic heterocycles. The highest BCUT2D eigenvalue weighted by Gasteiger charge is 2.25. The molecule has 8 heteroatoms. The summed E-state index contributed by atoms with van der Waals surface area (Å²) in [4.78, 5) is 16.9. The van der Waals surface area contributed by atoms with Crippen LogP contribution >= 0.6 is 0 Å². The van der Waals surface area contributed by atoms with Crippen molar-refractivity contribution in [1.82, 2.24) is 19.6 Å². The molecule has 0 spiro atoms. The van der Waals surface area contributed by atoms with E-state index in [1.54, 1.807) is 36.8 Å². The van der Waals surface area contributed by atoms with E-state index in [1.807, 2.05) is 48.0 Å². The number of hydrogen-bond acceptors (Lipinski definition) is 4. The second kappa shape index (κ2) is 10.2. The first-order chi connectivity index (χ1) is 14.4. The van der Waals surface area contributed by atoms with Crippen LogP contribution in [-0.2, 0) is 27.8 Å². The Labute approximate surface area is 177 Å². The van der Waals surface area contributed by atoms with Gasteiger partial charge in [-0.05, 0) is 37.5 Å². The maximum Gasteiger partial charge on any atom is 0.241 e. The smallest absolute Gasteiger partial charge is 0.241 e. The van der Waals surface area contributed by atoms with E-state index in [-0.39, 0.29) is 17.2 Å². The third kappa shape index (κ3) is 6.27. The van der Waals surface area contributed by atoms with Gasteiger partial charge in [-0.15, -0.1) is 0 Å². The van der Waals surface area contributed by atoms with E-state index >= 15 is 0 Å². The summed E-state index contributed by atoms with van der Waals surface area (Å²) in [6.45, 7) is 3.05. The van der Waals surface area contributed by atoms with Gasteiger partial charge in [-0.3, -0.25) is 4.79 Å². The van der Waals surface area contributed by atoms with Crippen molar-refractivity contribution in [3.05, 3.63) is 84.4 Å². The zero-order valence-electron chi connectivity index (χ0n) is 16.9. The van der Waals surface area contributed by atoms with Gasteiger partial charge in [0.25, 0.3) is 0 Å². The van der Waals surface area contributed by atoms with E-state index in [4.69, 9.17) is 0 Å². The zero-order chi connectivity index (χ0) is 21.4. The molecule has 0 aliphatic carbocycles. The maximum absolute atomic E-state index is 12.8. The van der Waals surface area contributed by atoms with E-state index in [1.165, 1.54) is 0 Å². The molecule has 1 atom stereocenters. The van der Waals surface area contributed by atoms with Crippen molar-refractivity contribution >= 4 is 15.9 Å². The third-order valence-electron chi connectivity index (χ3n) is 4.68. The molecule has 0 radical (unpaired) electrons. The monoisotopic (exact) mass is 426 g/mol. The number of rotatable bonds is 10. The van der Waals surface area contributed by atoms with Gasteiger partial charge in [0.2, 0.25) is 15.9 Å². The van der Waals surface area contributed by atoms with E-state index < -0.39 is 16.1 Å². The minimum Gasteiger partial charge on any atom is -0.355 e. The SMILES string of the molecule is Cc1ccc(S(=O)(=O)N[C@@H](Cc2ccccc2)C(=O)NCCCn2ccnc2)cc1. The summed E-state index contributed by atoms with van der Waals surface area (Å²) in [6, 6.07) is 15.0. The Morgan fingerprint density at radius 1 is 1.10 bits per heavy atom. The Hall–Kier alpha value is -2.97. The lowest BCUT2D eigenvalue weighted by molar-refractivity contribution is -0.122. The summed E-state index contributed by atoms with van der Waals surface area (Å²) >= 11 is 0. The minimum absolute atomic E-state index is 0.138. The molecule has 0 saturated carbocycles. The lowest BCUT2D eigenvalue weighted by Crippen LogP contribution is -2.48. The van der Waals surface area contributed by atoms with Gasteiger partial charge in [0, 0.05) is 25.5 Å². The van der Waals surface area contributed by atoms with Crippen LogP contribution in [0.5, 0.6) is 0 Å². The molecule has 0 fully saturated rings. The number of carbonyl (C=O) groups is 1. The second-order valence-electron chi connectivity index (χ2n) is 7.12. The molecule has 2 N–H and O–H groups in total. The topological polar surface area (TPSA) is 93.1 Å². The van der Waals surface area contributed by atoms with Gasteiger partial charge >= 0.3 is 0 Å². The molecule has 0 aliphatic rings. The Bertz CT molecular complexity index is 1030. The van der Waals surface area contributed by atoms with Crippen LogP contribution in [0.4, 0.5) is 0 Å². The highest BCUT2D eigenvalue weighted by Crippen LogP contribution is 2.12. The molecule has 30 heavy (non-hydrogen) atoms. The van der Waals surface area contributed by atoms with Crippen molar-refractivity contribution in [2.75, 3.05) is 6.54 Å². The summed E-state index contributed by atoms with van der Waals surface area (Å²) < 4.78 is 30.2. The number of aryl methyl sites for hydroxylation is 2. The number of sulfonamides is 1. The van der Waals surface area contributed by atoms with Crippen LogP contribution in [-0.4, -0.2) is 36.5 Å². The molecule has 1 amide bonds. The first-order valence-corrected chi connectivity index (χ1v) is 11.3. The van der Waals surface area contributed by atoms with Crippen molar-refractivity contribution in [1.29, 1.82) is 0 Å². The predicted octanol–water partition coefficient (Wildman–Crippen LogP) is 2.29. The lowest BCUT2D eigenvalue weighted by atomic mass is 10.1. The van der Waals surface area contributed by atoms with E-state index in [2.05, 4.69) is 15.0 Å². The molecule has 7 nitrogen and oxygen atoms in total. The fourth-order valence-corrected chi connectivity index (χ4v) is 4.22. The van der Waals surface area contributed by atoms with Gasteiger partial charge in [0.1, 0.15) is 6.04 Å². The van der Waals surface area contributed by atoms with Crippen LogP contribution in [0, 0.1) is 6.92 Å². The van der Waals surface area contributed by atoms with Gasteiger partial charge in [0.05, 0.1) is 11.2 Å². The normalized spacial score (nSPS) is 12.4. The van der Waals surface area contributed by atoms with Crippen molar-refractivity contribution in [3.8, 4) is 0 Å². The summed E-state index contributed by atoms with van der Waals surface area (Å²) in [5, 5.41) is 2.85. The molecule has 0 aliphatic heterocycles. The highest BCUT2D eigenvalue weighted by molar-refractivity contribution is 7.89. The van der Waals surface area contributed by atoms with E-state index in [0.29, 0.717) is 13.0 Å². The molecule has 0 saturated heterocycles. The van der Waals surface area contributed by atoms with Crippen molar-refractivity contribution in [2.24, 2.45) is 0 Å². The van der Waals surface area contributed by atoms with Gasteiger partial charge < -0.3 is 9.88 Å². The number of hydrogen-bond donors (Lipinski definition) is 2. The number of benzene rings is 2. The van der Waals surface area contributed by atoms with Gasteiger partial charge in [0.15, 0.2) is 0 Å². The summed E-state index contributed by atoms with van der Waals surface area (Å²) in [7, 11) is -3.83. The van der Waals surface area contributed by atoms with Gasteiger partial charge in [-0.25, -0.2) is 13.4 Å². The largest absolute Gasteiger partial charge is 0.355 e. The molecular weight excluding hydrogens is 400 g/mol. The summed E-state index contributed by atoms with van der Waals surface area (Å²) in [6.07, 6.45) is 6.25. The molecule has 0 bridgehead atoms. The van der Waals surface area contributed by atoms with Crippen LogP contribution < -0.4 is 10.0 Å². The predicted molar refractivity (Wildman–Crippen MR) is 115 cm³/mol. The Morgan fingerprint density at radius 3 is 2.50 bits per heavy atom. The van der Waals surface area contributed by atoms with Gasteiger partial charge in [-0.1, -0.05) is 48.0 Å². The van der Waals surface area contributed by atoms with E-state index in [9.17, 15) is 13.2 Å². The average molecular weight is 427 g/mol. The number of nitrogens with zero attached hydrogens (tertiary/aromatic N) is 2. The molecule has 1 heterocycles. The molecule has 0 unspecified atom stereocenters. The summed E-state index contributed by atoms with van der Waals surface area (Å²) in [5.74, 6) is -0.347. The highest BCUT2D eigenvalue weighted by atomic mass is 32.2. The van der Waals surface area contributed by atoms with Crippen LogP contribution in [0.2, 0.25) is 0 Å². The molecule has 2 aromatic carbocycles. The number of amides is 1. The van der Waals surface area contributed by atoms with Crippen molar-refractivity contribution in [2.45, 2.75) is 37.2 Å². The zero-order valence-corrected chi connectivity index (χ0v) is 17.7. The van der Waals surface area contributed by atoms with Crippen molar-refractivity contribution < 1.29 is 13.2 Å². The Morgan fingerprint density at radius 2 is 1.83 bits per heavy atom. The van der Waals surface area contributed by atoms with Crippen LogP contribution in [0.3, 0.4) is 0 Å². The molecule has 3 rings (SSSR count). The van der Waals surface area contributed by atoms with Crippen LogP contribution in [0.15, 0.2) is 78.2 Å². The van der Waals surface area contributed by atoms with Crippen LogP contribution in [0.25, 0.3) is 0 Å². The van der Waals surface area contributed by atoms with E-state index in [0.717, 1.165) is 17.7 Å². The quantitative estimate of drug-likeness (QED) is 0.487. The number of carbonyl (C=O) groups excluding carboxylic acids is 1. The number of nitrogens with one attached hydrogen (secondary N) is 2. The molecule has 3 aromatic rings. The number of imidazole rings is 1. The van der Waals surface area contributed by atoms with Crippen molar-refractivity contribution in [3.63, 3.8) is 0 Å². The van der Waals surface area contributed by atoms with Crippen LogP contribution in [0.1, 0.15) is 17.5 Å². The molecule has 158 valence electrons. The Balaban J connectivity index is 1.67. The minimum atomic E-state index is -3.83. The van der Waals surface area contributed by atoms with Gasteiger partial charge in [-0.2, -0.15) is 4.72 Å². The standard InChI is InChI=1S/C22H26N4O3S/c1-18-8-10-20(11-9-18)30(28,29)25-21(16-19-6-3-2-4-7-19)22(27)24-12-5-14-26-15-13-23-17-26/h2-4,6-11,13,15,17,21,25H,5,12,14,16H2,1H3,(H,24,27)/t21-/m0/s1. The first kappa shape index (κ1) is 21.7. The Kier molecular flexibility index (Phi) is 7.37. The maximum atomic E-state index is 12.8. The third-order valence-corrected chi connectivity index (χ3v) is 6.17. The first-order valence-electron chi connectivity index (χ1n) is 9.80. The fraction of sp³-hybridized carbons (Fsp3) is 0.273. The summed E-state index contributed by atoms with van der Waals surface area (Å²) in [5.41, 5.74) is 1.84. The molecular formula is C22H26N4O3S.